The van der Waals surface area contributed by atoms with Crippen LogP contribution in [0.5, 0.6) is 17.2 Å². The maximum Gasteiger partial charge on any atom is 0.331 e. The smallest absolute Gasteiger partial charge is 0.331 e. The Balaban J connectivity index is 2.78. The van der Waals surface area contributed by atoms with E-state index in [4.69, 9.17) is 18.9 Å². The van der Waals surface area contributed by atoms with Gasteiger partial charge in [0.15, 0.2) is 18.1 Å². The van der Waals surface area contributed by atoms with Gasteiger partial charge in [0.2, 0.25) is 5.75 Å². The number of carbonyl (C=O) groups excluding carboxylic acids is 2. The molecule has 0 aliphatic carbocycles. The third-order valence-corrected chi connectivity index (χ3v) is 3.55. The number of hydrogen-bond donors (Lipinski definition) is 0. The Bertz CT molecular complexity index is 597. The first-order valence-electron chi connectivity index (χ1n) is 7.93. The largest absolute Gasteiger partial charge is 0.493 e. The van der Waals surface area contributed by atoms with E-state index in [0.29, 0.717) is 35.9 Å². The second-order valence-electron chi connectivity index (χ2n) is 4.97. The lowest BCUT2D eigenvalue weighted by molar-refractivity contribution is -0.147. The number of methoxy groups -OCH3 is 3. The summed E-state index contributed by atoms with van der Waals surface area (Å²) in [5, 5.41) is 0. The fourth-order valence-electron chi connectivity index (χ4n) is 2.21. The summed E-state index contributed by atoms with van der Waals surface area (Å²) in [5.41, 5.74) is 0.668. The number of hydrogen-bond acceptors (Lipinski definition) is 6. The van der Waals surface area contributed by atoms with Crippen LogP contribution in [0.4, 0.5) is 0 Å². The van der Waals surface area contributed by atoms with Crippen LogP contribution in [-0.4, -0.2) is 57.8 Å². The van der Waals surface area contributed by atoms with Gasteiger partial charge in [-0.3, -0.25) is 4.79 Å². The van der Waals surface area contributed by atoms with Crippen LogP contribution in [0.2, 0.25) is 0 Å². The van der Waals surface area contributed by atoms with Gasteiger partial charge in [0.25, 0.3) is 5.91 Å². The molecule has 0 atom stereocenters. The van der Waals surface area contributed by atoms with Gasteiger partial charge in [-0.2, -0.15) is 0 Å². The molecule has 1 aromatic rings. The summed E-state index contributed by atoms with van der Waals surface area (Å²) in [5.74, 6) is 0.599. The minimum atomic E-state index is -0.603. The summed E-state index contributed by atoms with van der Waals surface area (Å²) in [6.45, 7) is 4.61. The Morgan fingerprint density at radius 1 is 1.00 bits per heavy atom. The van der Waals surface area contributed by atoms with Gasteiger partial charge >= 0.3 is 5.97 Å². The van der Waals surface area contributed by atoms with Crippen molar-refractivity contribution in [3.8, 4) is 17.2 Å². The second kappa shape index (κ2) is 10.2. The van der Waals surface area contributed by atoms with Gasteiger partial charge in [0.05, 0.1) is 21.3 Å². The summed E-state index contributed by atoms with van der Waals surface area (Å²) in [6, 6.07) is 3.40. The van der Waals surface area contributed by atoms with E-state index in [2.05, 4.69) is 0 Å². The van der Waals surface area contributed by atoms with Crippen molar-refractivity contribution in [1.82, 2.24) is 4.90 Å². The standard InChI is InChI=1S/C18H25NO6/c1-6-19(7-2)16(20)12-25-17(21)9-8-13-10-14(22-3)18(24-5)15(11-13)23-4/h8-11H,6-7,12H2,1-5H3. The quantitative estimate of drug-likeness (QED) is 0.501. The number of ether oxygens (including phenoxy) is 4. The highest BCUT2D eigenvalue weighted by molar-refractivity contribution is 5.89. The summed E-state index contributed by atoms with van der Waals surface area (Å²) in [6.07, 6.45) is 2.80. The summed E-state index contributed by atoms with van der Waals surface area (Å²) in [4.78, 5) is 25.2. The van der Waals surface area contributed by atoms with Crippen molar-refractivity contribution >= 4 is 18.0 Å². The highest BCUT2D eigenvalue weighted by Crippen LogP contribution is 2.38. The molecule has 7 nitrogen and oxygen atoms in total. The molecule has 25 heavy (non-hydrogen) atoms. The normalized spacial score (nSPS) is 10.4. The zero-order valence-corrected chi connectivity index (χ0v) is 15.3. The molecule has 0 radical (unpaired) electrons. The fourth-order valence-corrected chi connectivity index (χ4v) is 2.21. The van der Waals surface area contributed by atoms with Crippen molar-refractivity contribution in [1.29, 1.82) is 0 Å². The number of esters is 1. The first-order valence-corrected chi connectivity index (χ1v) is 7.93. The highest BCUT2D eigenvalue weighted by atomic mass is 16.5. The number of rotatable bonds is 9. The van der Waals surface area contributed by atoms with Gasteiger partial charge in [-0.05, 0) is 37.6 Å². The average molecular weight is 351 g/mol. The predicted molar refractivity (Wildman–Crippen MR) is 94.0 cm³/mol. The van der Waals surface area contributed by atoms with Crippen LogP contribution in [0.3, 0.4) is 0 Å². The van der Waals surface area contributed by atoms with E-state index >= 15 is 0 Å². The lowest BCUT2D eigenvalue weighted by Crippen LogP contribution is -2.34. The Hall–Kier alpha value is -2.70. The maximum atomic E-state index is 11.8. The third kappa shape index (κ3) is 5.70. The van der Waals surface area contributed by atoms with E-state index in [-0.39, 0.29) is 12.5 Å². The molecular formula is C18H25NO6. The molecule has 0 aliphatic rings. The van der Waals surface area contributed by atoms with E-state index in [1.165, 1.54) is 27.4 Å². The van der Waals surface area contributed by atoms with Gasteiger partial charge in [-0.25, -0.2) is 4.79 Å². The van der Waals surface area contributed by atoms with E-state index in [1.54, 1.807) is 23.1 Å². The molecule has 7 heteroatoms. The Morgan fingerprint density at radius 3 is 2.00 bits per heavy atom. The Morgan fingerprint density at radius 2 is 1.56 bits per heavy atom. The molecular weight excluding hydrogens is 326 g/mol. The molecule has 0 N–H and O–H groups in total. The van der Waals surface area contributed by atoms with Gasteiger partial charge < -0.3 is 23.8 Å². The molecule has 0 saturated carbocycles. The predicted octanol–water partition coefficient (Wildman–Crippen LogP) is 2.14. The van der Waals surface area contributed by atoms with E-state index in [1.807, 2.05) is 13.8 Å². The highest BCUT2D eigenvalue weighted by Gasteiger charge is 2.13. The molecule has 1 aromatic carbocycles. The minimum absolute atomic E-state index is 0.223. The van der Waals surface area contributed by atoms with Crippen molar-refractivity contribution in [2.75, 3.05) is 41.0 Å². The molecule has 0 aliphatic heterocycles. The van der Waals surface area contributed by atoms with Crippen molar-refractivity contribution in [3.63, 3.8) is 0 Å². The lowest BCUT2D eigenvalue weighted by Gasteiger charge is -2.17. The SMILES string of the molecule is CCN(CC)C(=O)COC(=O)C=Cc1cc(OC)c(OC)c(OC)c1. The molecule has 0 saturated heterocycles. The molecule has 0 heterocycles. The lowest BCUT2D eigenvalue weighted by atomic mass is 10.1. The van der Waals surface area contributed by atoms with Crippen LogP contribution in [-0.2, 0) is 14.3 Å². The number of carbonyl (C=O) groups is 2. The van der Waals surface area contributed by atoms with Crippen LogP contribution in [0.25, 0.3) is 6.08 Å². The first kappa shape index (κ1) is 20.3. The summed E-state index contributed by atoms with van der Waals surface area (Å²) < 4.78 is 20.7. The fraction of sp³-hybridized carbons (Fsp3) is 0.444. The van der Waals surface area contributed by atoms with E-state index in [0.717, 1.165) is 0 Å². The summed E-state index contributed by atoms with van der Waals surface area (Å²) >= 11 is 0. The average Bonchev–Trinajstić information content (AvgIpc) is 2.64. The molecule has 138 valence electrons. The van der Waals surface area contributed by atoms with Crippen LogP contribution in [0, 0.1) is 0 Å². The van der Waals surface area contributed by atoms with Crippen molar-refractivity contribution in [2.45, 2.75) is 13.8 Å². The monoisotopic (exact) mass is 351 g/mol. The van der Waals surface area contributed by atoms with Gasteiger partial charge in [-0.15, -0.1) is 0 Å². The van der Waals surface area contributed by atoms with E-state index in [9.17, 15) is 9.59 Å². The minimum Gasteiger partial charge on any atom is -0.493 e. The number of likely N-dealkylation sites (N-methyl/N-ethyl adjacent to an activating group) is 1. The Labute approximate surface area is 148 Å². The number of benzene rings is 1. The van der Waals surface area contributed by atoms with Crippen LogP contribution in [0.1, 0.15) is 19.4 Å². The Kier molecular flexibility index (Phi) is 8.32. The van der Waals surface area contributed by atoms with Crippen molar-refractivity contribution < 1.29 is 28.5 Å². The molecule has 1 rings (SSSR count). The molecule has 0 unspecified atom stereocenters. The van der Waals surface area contributed by atoms with Crippen LogP contribution < -0.4 is 14.2 Å². The zero-order valence-electron chi connectivity index (χ0n) is 15.3. The van der Waals surface area contributed by atoms with Crippen molar-refractivity contribution in [2.24, 2.45) is 0 Å². The summed E-state index contributed by atoms with van der Waals surface area (Å²) in [7, 11) is 4.54. The van der Waals surface area contributed by atoms with Crippen LogP contribution >= 0.6 is 0 Å². The maximum absolute atomic E-state index is 11.8. The topological polar surface area (TPSA) is 74.3 Å². The van der Waals surface area contributed by atoms with Crippen molar-refractivity contribution in [3.05, 3.63) is 23.8 Å². The van der Waals surface area contributed by atoms with E-state index < -0.39 is 5.97 Å². The van der Waals surface area contributed by atoms with Gasteiger partial charge in [0, 0.05) is 19.2 Å². The molecule has 0 fully saturated rings. The molecule has 1 amide bonds. The molecule has 0 spiro atoms. The second-order valence-corrected chi connectivity index (χ2v) is 4.97. The first-order chi connectivity index (χ1) is 12.0. The zero-order chi connectivity index (χ0) is 18.8. The molecule has 0 aromatic heterocycles. The molecule has 0 bridgehead atoms. The number of amides is 1. The number of nitrogens with zero attached hydrogens (tertiary/aromatic N) is 1. The third-order valence-electron chi connectivity index (χ3n) is 3.55. The van der Waals surface area contributed by atoms with Gasteiger partial charge in [0.1, 0.15) is 0 Å². The van der Waals surface area contributed by atoms with Crippen LogP contribution in [0.15, 0.2) is 18.2 Å². The van der Waals surface area contributed by atoms with Gasteiger partial charge in [-0.1, -0.05) is 0 Å².